The lowest BCUT2D eigenvalue weighted by Crippen LogP contribution is -2.29. The third-order valence-corrected chi connectivity index (χ3v) is 7.78. The predicted octanol–water partition coefficient (Wildman–Crippen LogP) is 6.73. The van der Waals surface area contributed by atoms with Gasteiger partial charge in [-0.2, -0.15) is 0 Å². The van der Waals surface area contributed by atoms with Crippen molar-refractivity contribution in [2.75, 3.05) is 18.6 Å². The zero-order valence-corrected chi connectivity index (χ0v) is 23.2. The molecule has 1 N–H and O–H groups in total. The van der Waals surface area contributed by atoms with Crippen LogP contribution < -0.4 is 14.4 Å². The number of ketones is 1. The van der Waals surface area contributed by atoms with E-state index < -0.39 is 17.7 Å². The highest BCUT2D eigenvalue weighted by Crippen LogP contribution is 2.45. The Morgan fingerprint density at radius 1 is 1.05 bits per heavy atom. The maximum atomic E-state index is 13.6. The Hall–Kier alpha value is -4.17. The topological polar surface area (TPSA) is 89.0 Å². The number of rotatable bonds is 8. The molecule has 5 rings (SSSR count). The standard InChI is InChI=1S/C31H30N2O5S/c1-5-6-14-38-22-12-10-20(11-13-22)27-25(28(34)21-8-7-9-23(17-21)37-4)29(35)30(36)33(27)31-32-26-19(3)15-18(2)16-24(26)39-31/h7-13,15-17,27,34H,5-6,14H2,1-4H3. The van der Waals surface area contributed by atoms with Crippen LogP contribution in [0.2, 0.25) is 0 Å². The van der Waals surface area contributed by atoms with E-state index in [9.17, 15) is 14.7 Å². The molecule has 1 aliphatic heterocycles. The second-order valence-electron chi connectivity index (χ2n) is 9.60. The minimum absolute atomic E-state index is 0.0000584. The molecule has 1 amide bonds. The molecule has 1 unspecified atom stereocenters. The molecule has 3 aromatic carbocycles. The Bertz CT molecular complexity index is 1590. The molecule has 200 valence electrons. The lowest BCUT2D eigenvalue weighted by Gasteiger charge is -2.23. The van der Waals surface area contributed by atoms with Gasteiger partial charge in [0.2, 0.25) is 0 Å². The molecule has 0 radical (unpaired) electrons. The van der Waals surface area contributed by atoms with Crippen molar-refractivity contribution in [2.45, 2.75) is 39.7 Å². The number of carbonyl (C=O) groups is 2. The first-order valence-electron chi connectivity index (χ1n) is 12.9. The van der Waals surface area contributed by atoms with Crippen LogP contribution >= 0.6 is 11.3 Å². The van der Waals surface area contributed by atoms with Gasteiger partial charge < -0.3 is 14.6 Å². The van der Waals surface area contributed by atoms with E-state index in [-0.39, 0.29) is 11.3 Å². The van der Waals surface area contributed by atoms with E-state index >= 15 is 0 Å². The quantitative estimate of drug-likeness (QED) is 0.115. The predicted molar refractivity (Wildman–Crippen MR) is 154 cm³/mol. The Morgan fingerprint density at radius 2 is 1.82 bits per heavy atom. The fourth-order valence-electron chi connectivity index (χ4n) is 4.81. The van der Waals surface area contributed by atoms with Crippen LogP contribution in [-0.4, -0.2) is 35.5 Å². The number of thiazole rings is 1. The van der Waals surface area contributed by atoms with Crippen molar-refractivity contribution < 1.29 is 24.2 Å². The summed E-state index contributed by atoms with van der Waals surface area (Å²) in [6.45, 7) is 6.69. The maximum Gasteiger partial charge on any atom is 0.301 e. The number of Topliss-reactive ketones (excluding diaryl/α,β-unsaturated/α-hetero) is 1. The number of ether oxygens (including phenoxy) is 2. The molecule has 39 heavy (non-hydrogen) atoms. The molecular formula is C31H30N2O5S. The van der Waals surface area contributed by atoms with Gasteiger partial charge in [-0.15, -0.1) is 0 Å². The van der Waals surface area contributed by atoms with Gasteiger partial charge in [-0.1, -0.05) is 55.0 Å². The van der Waals surface area contributed by atoms with Gasteiger partial charge in [0.1, 0.15) is 17.3 Å². The van der Waals surface area contributed by atoms with Gasteiger partial charge in [-0.3, -0.25) is 14.5 Å². The Kier molecular flexibility index (Phi) is 7.39. The van der Waals surface area contributed by atoms with E-state index in [0.717, 1.165) is 34.2 Å². The minimum Gasteiger partial charge on any atom is -0.507 e. The number of fused-ring (bicyclic) bond motifs is 1. The molecule has 1 aromatic heterocycles. The fourth-order valence-corrected chi connectivity index (χ4v) is 5.98. The highest BCUT2D eigenvalue weighted by atomic mass is 32.1. The number of unbranched alkanes of at least 4 members (excludes halogenated alkanes) is 1. The number of aliphatic hydroxyl groups excluding tert-OH is 1. The minimum atomic E-state index is -0.872. The molecule has 2 heterocycles. The summed E-state index contributed by atoms with van der Waals surface area (Å²) in [5.74, 6) is -0.550. The molecule has 1 fully saturated rings. The first-order chi connectivity index (χ1) is 18.8. The Morgan fingerprint density at radius 3 is 2.54 bits per heavy atom. The van der Waals surface area contributed by atoms with Crippen molar-refractivity contribution in [3.63, 3.8) is 0 Å². The lowest BCUT2D eigenvalue weighted by molar-refractivity contribution is -0.132. The summed E-state index contributed by atoms with van der Waals surface area (Å²) in [5.41, 5.74) is 3.91. The van der Waals surface area contributed by atoms with Gasteiger partial charge in [-0.25, -0.2) is 4.98 Å². The van der Waals surface area contributed by atoms with Crippen LogP contribution in [0.1, 0.15) is 48.1 Å². The first kappa shape index (κ1) is 26.4. The molecule has 1 aliphatic rings. The summed E-state index contributed by atoms with van der Waals surface area (Å²) in [4.78, 5) is 33.3. The van der Waals surface area contributed by atoms with E-state index in [1.165, 1.54) is 23.3 Å². The van der Waals surface area contributed by atoms with Crippen LogP contribution in [0.4, 0.5) is 5.13 Å². The number of methoxy groups -OCH3 is 1. The second kappa shape index (κ2) is 10.9. The summed E-state index contributed by atoms with van der Waals surface area (Å²) >= 11 is 1.35. The van der Waals surface area contributed by atoms with Gasteiger partial charge in [0, 0.05) is 5.56 Å². The number of hydrogen-bond donors (Lipinski definition) is 1. The fraction of sp³-hybridized carbons (Fsp3) is 0.258. The van der Waals surface area contributed by atoms with Gasteiger partial charge >= 0.3 is 5.91 Å². The average molecular weight is 543 g/mol. The van der Waals surface area contributed by atoms with E-state index in [0.29, 0.717) is 34.4 Å². The monoisotopic (exact) mass is 542 g/mol. The van der Waals surface area contributed by atoms with Gasteiger partial charge in [-0.05, 0) is 67.3 Å². The summed E-state index contributed by atoms with van der Waals surface area (Å²) in [6.07, 6.45) is 1.97. The van der Waals surface area contributed by atoms with Crippen molar-refractivity contribution in [1.82, 2.24) is 4.98 Å². The van der Waals surface area contributed by atoms with E-state index in [4.69, 9.17) is 14.5 Å². The molecule has 8 heteroatoms. The van der Waals surface area contributed by atoms with Gasteiger partial charge in [0.05, 0.1) is 35.5 Å². The molecule has 4 aromatic rings. The molecule has 0 spiro atoms. The Balaban J connectivity index is 1.66. The number of benzene rings is 3. The molecule has 0 aliphatic carbocycles. The summed E-state index contributed by atoms with van der Waals surface area (Å²) in [6, 6.07) is 17.3. The molecule has 0 saturated carbocycles. The van der Waals surface area contributed by atoms with Crippen LogP contribution in [0.3, 0.4) is 0 Å². The number of hydrogen-bond acceptors (Lipinski definition) is 7. The third kappa shape index (κ3) is 5.00. The molecule has 0 bridgehead atoms. The lowest BCUT2D eigenvalue weighted by atomic mass is 9.95. The zero-order valence-electron chi connectivity index (χ0n) is 22.4. The highest BCUT2D eigenvalue weighted by molar-refractivity contribution is 7.22. The van der Waals surface area contributed by atoms with Crippen molar-refractivity contribution in [3.05, 3.63) is 88.5 Å². The first-order valence-corrected chi connectivity index (χ1v) is 13.7. The SMILES string of the molecule is CCCCOc1ccc(C2C(=C(O)c3cccc(OC)c3)C(=O)C(=O)N2c2nc3c(C)cc(C)cc3s2)cc1. The van der Waals surface area contributed by atoms with Crippen LogP contribution in [-0.2, 0) is 9.59 Å². The van der Waals surface area contributed by atoms with Crippen molar-refractivity contribution >= 4 is 44.1 Å². The van der Waals surface area contributed by atoms with Gasteiger partial charge in [0.25, 0.3) is 5.78 Å². The number of amides is 1. The van der Waals surface area contributed by atoms with E-state index in [1.54, 1.807) is 24.3 Å². The number of aliphatic hydroxyl groups is 1. The van der Waals surface area contributed by atoms with Crippen molar-refractivity contribution in [2.24, 2.45) is 0 Å². The number of anilines is 1. The number of aromatic nitrogens is 1. The van der Waals surface area contributed by atoms with E-state index in [1.807, 2.05) is 50.2 Å². The molecule has 1 atom stereocenters. The van der Waals surface area contributed by atoms with Crippen LogP contribution in [0.15, 0.2) is 66.2 Å². The summed E-state index contributed by atoms with van der Waals surface area (Å²) in [7, 11) is 1.53. The maximum absolute atomic E-state index is 13.6. The largest absolute Gasteiger partial charge is 0.507 e. The summed E-state index contributed by atoms with van der Waals surface area (Å²) < 4.78 is 12.1. The van der Waals surface area contributed by atoms with Crippen molar-refractivity contribution in [1.29, 1.82) is 0 Å². The Labute approximate surface area is 231 Å². The number of carbonyl (C=O) groups excluding carboxylic acids is 2. The normalized spacial score (nSPS) is 16.7. The zero-order chi connectivity index (χ0) is 27.7. The summed E-state index contributed by atoms with van der Waals surface area (Å²) in [5, 5.41) is 11.8. The number of aryl methyl sites for hydroxylation is 2. The molecule has 7 nitrogen and oxygen atoms in total. The van der Waals surface area contributed by atoms with Gasteiger partial charge in [0.15, 0.2) is 5.13 Å². The van der Waals surface area contributed by atoms with Crippen LogP contribution in [0.25, 0.3) is 16.0 Å². The van der Waals surface area contributed by atoms with Crippen molar-refractivity contribution in [3.8, 4) is 11.5 Å². The second-order valence-corrected chi connectivity index (χ2v) is 10.6. The van der Waals surface area contributed by atoms with Crippen LogP contribution in [0.5, 0.6) is 11.5 Å². The smallest absolute Gasteiger partial charge is 0.301 e. The molecule has 1 saturated heterocycles. The van der Waals surface area contributed by atoms with Crippen LogP contribution in [0, 0.1) is 13.8 Å². The molecular weight excluding hydrogens is 512 g/mol. The number of nitrogens with zero attached hydrogens (tertiary/aromatic N) is 2. The highest BCUT2D eigenvalue weighted by Gasteiger charge is 2.48. The average Bonchev–Trinajstić information content (AvgIpc) is 3.47. The van der Waals surface area contributed by atoms with E-state index in [2.05, 4.69) is 6.92 Å². The third-order valence-electron chi connectivity index (χ3n) is 6.77.